The maximum atomic E-state index is 5.43. The van der Waals surface area contributed by atoms with Crippen LogP contribution in [0, 0.1) is 13.8 Å². The first-order chi connectivity index (χ1) is 8.04. The Morgan fingerprint density at radius 1 is 0.941 bits per heavy atom. The van der Waals surface area contributed by atoms with Crippen molar-refractivity contribution in [2.24, 2.45) is 0 Å². The minimum absolute atomic E-state index is 0.533. The van der Waals surface area contributed by atoms with Gasteiger partial charge >= 0.3 is 0 Å². The number of rotatable bonds is 2. The highest BCUT2D eigenvalue weighted by atomic mass is 16.5. The second kappa shape index (κ2) is 4.40. The third-order valence-corrected chi connectivity index (χ3v) is 3.41. The Hall–Kier alpha value is -1.50. The van der Waals surface area contributed by atoms with Crippen molar-refractivity contribution in [1.29, 1.82) is 0 Å². The van der Waals surface area contributed by atoms with Gasteiger partial charge in [-0.3, -0.25) is 0 Å². The molecule has 0 fully saturated rings. The van der Waals surface area contributed by atoms with E-state index < -0.39 is 0 Å². The SMILES string of the molecule is COc1cc2c(C(C)C)ccc(C)c2cc1C. The number of methoxy groups -OCH3 is 1. The fourth-order valence-corrected chi connectivity index (χ4v) is 2.37. The minimum Gasteiger partial charge on any atom is -0.496 e. The molecule has 0 bridgehead atoms. The van der Waals surface area contributed by atoms with Gasteiger partial charge in [-0.2, -0.15) is 0 Å². The van der Waals surface area contributed by atoms with Gasteiger partial charge in [-0.25, -0.2) is 0 Å². The molecule has 0 unspecified atom stereocenters. The Bertz CT molecular complexity index is 553. The maximum Gasteiger partial charge on any atom is 0.122 e. The lowest BCUT2D eigenvalue weighted by molar-refractivity contribution is 0.412. The van der Waals surface area contributed by atoms with Gasteiger partial charge in [-0.15, -0.1) is 0 Å². The molecule has 0 radical (unpaired) electrons. The van der Waals surface area contributed by atoms with E-state index in [1.165, 1.54) is 27.5 Å². The van der Waals surface area contributed by atoms with E-state index in [0.29, 0.717) is 5.92 Å². The smallest absolute Gasteiger partial charge is 0.122 e. The molecule has 2 aromatic carbocycles. The average molecular weight is 228 g/mol. The summed E-state index contributed by atoms with van der Waals surface area (Å²) in [5.41, 5.74) is 3.92. The molecular formula is C16H20O. The van der Waals surface area contributed by atoms with E-state index in [2.05, 4.69) is 52.0 Å². The fourth-order valence-electron chi connectivity index (χ4n) is 2.37. The van der Waals surface area contributed by atoms with Crippen LogP contribution in [0.1, 0.15) is 36.5 Å². The standard InChI is InChI=1S/C16H20O/c1-10(2)13-7-6-11(3)14-8-12(4)16(17-5)9-15(13)14/h6-10H,1-5H3. The molecule has 0 aliphatic heterocycles. The van der Waals surface area contributed by atoms with Gasteiger partial charge in [0.1, 0.15) is 5.75 Å². The van der Waals surface area contributed by atoms with Gasteiger partial charge < -0.3 is 4.74 Å². The van der Waals surface area contributed by atoms with Crippen LogP contribution in [0.4, 0.5) is 0 Å². The second-order valence-electron chi connectivity index (χ2n) is 4.99. The van der Waals surface area contributed by atoms with Gasteiger partial charge in [0, 0.05) is 0 Å². The van der Waals surface area contributed by atoms with E-state index in [1.807, 2.05) is 0 Å². The first kappa shape index (κ1) is 12.0. The summed E-state index contributed by atoms with van der Waals surface area (Å²) in [4.78, 5) is 0. The first-order valence-corrected chi connectivity index (χ1v) is 6.12. The molecule has 0 N–H and O–H groups in total. The normalized spacial score (nSPS) is 11.2. The Morgan fingerprint density at radius 2 is 1.65 bits per heavy atom. The number of aryl methyl sites for hydroxylation is 2. The Labute approximate surface area is 103 Å². The zero-order valence-corrected chi connectivity index (χ0v) is 11.3. The van der Waals surface area contributed by atoms with Crippen LogP contribution in [-0.2, 0) is 0 Å². The van der Waals surface area contributed by atoms with Crippen molar-refractivity contribution >= 4 is 10.8 Å². The lowest BCUT2D eigenvalue weighted by atomic mass is 9.92. The summed E-state index contributed by atoms with van der Waals surface area (Å²) >= 11 is 0. The predicted molar refractivity (Wildman–Crippen MR) is 74.1 cm³/mol. The van der Waals surface area contributed by atoms with Crippen LogP contribution >= 0.6 is 0 Å². The summed E-state index contributed by atoms with van der Waals surface area (Å²) in [5.74, 6) is 1.51. The highest BCUT2D eigenvalue weighted by Gasteiger charge is 2.10. The van der Waals surface area contributed by atoms with Crippen molar-refractivity contribution in [2.45, 2.75) is 33.6 Å². The first-order valence-electron chi connectivity index (χ1n) is 6.12. The summed E-state index contributed by atoms with van der Waals surface area (Å²) in [5, 5.41) is 2.66. The Morgan fingerprint density at radius 3 is 2.24 bits per heavy atom. The number of fused-ring (bicyclic) bond motifs is 1. The van der Waals surface area contributed by atoms with E-state index in [4.69, 9.17) is 4.74 Å². The molecule has 0 heterocycles. The number of hydrogen-bond donors (Lipinski definition) is 0. The summed E-state index contributed by atoms with van der Waals surface area (Å²) in [6, 6.07) is 8.85. The van der Waals surface area contributed by atoms with E-state index in [9.17, 15) is 0 Å². The van der Waals surface area contributed by atoms with Crippen LogP contribution in [0.5, 0.6) is 5.75 Å². The molecule has 0 saturated carbocycles. The molecule has 17 heavy (non-hydrogen) atoms. The average Bonchev–Trinajstić information content (AvgIpc) is 2.29. The molecule has 0 saturated heterocycles. The zero-order chi connectivity index (χ0) is 12.6. The molecule has 2 aromatic rings. The van der Waals surface area contributed by atoms with E-state index in [0.717, 1.165) is 5.75 Å². The Balaban J connectivity index is 2.84. The van der Waals surface area contributed by atoms with Gasteiger partial charge in [0.15, 0.2) is 0 Å². The molecule has 1 nitrogen and oxygen atoms in total. The van der Waals surface area contributed by atoms with Gasteiger partial charge in [0.05, 0.1) is 7.11 Å². The third-order valence-electron chi connectivity index (χ3n) is 3.41. The van der Waals surface area contributed by atoms with Crippen LogP contribution in [-0.4, -0.2) is 7.11 Å². The molecule has 0 amide bonds. The van der Waals surface area contributed by atoms with Gasteiger partial charge in [0.25, 0.3) is 0 Å². The molecule has 0 aliphatic carbocycles. The predicted octanol–water partition coefficient (Wildman–Crippen LogP) is 4.59. The van der Waals surface area contributed by atoms with Crippen molar-refractivity contribution in [3.8, 4) is 5.75 Å². The van der Waals surface area contributed by atoms with Gasteiger partial charge in [0.2, 0.25) is 0 Å². The van der Waals surface area contributed by atoms with Crippen LogP contribution in [0.25, 0.3) is 10.8 Å². The second-order valence-corrected chi connectivity index (χ2v) is 4.99. The van der Waals surface area contributed by atoms with Gasteiger partial charge in [-0.1, -0.05) is 26.0 Å². The summed E-state index contributed by atoms with van der Waals surface area (Å²) in [7, 11) is 1.74. The van der Waals surface area contributed by atoms with E-state index in [-0.39, 0.29) is 0 Å². The molecule has 0 aliphatic rings. The number of hydrogen-bond acceptors (Lipinski definition) is 1. The lowest BCUT2D eigenvalue weighted by Gasteiger charge is -2.14. The van der Waals surface area contributed by atoms with Crippen molar-refractivity contribution in [3.05, 3.63) is 41.0 Å². The topological polar surface area (TPSA) is 9.23 Å². The van der Waals surface area contributed by atoms with E-state index >= 15 is 0 Å². The molecule has 0 aromatic heterocycles. The zero-order valence-electron chi connectivity index (χ0n) is 11.3. The quantitative estimate of drug-likeness (QED) is 0.730. The highest BCUT2D eigenvalue weighted by molar-refractivity contribution is 5.91. The molecule has 90 valence electrons. The van der Waals surface area contributed by atoms with Crippen molar-refractivity contribution in [1.82, 2.24) is 0 Å². The van der Waals surface area contributed by atoms with Crippen LogP contribution in [0.3, 0.4) is 0 Å². The third kappa shape index (κ3) is 2.02. The van der Waals surface area contributed by atoms with Crippen molar-refractivity contribution in [3.63, 3.8) is 0 Å². The molecule has 1 heteroatoms. The number of ether oxygens (including phenoxy) is 1. The maximum absolute atomic E-state index is 5.43. The minimum atomic E-state index is 0.533. The van der Waals surface area contributed by atoms with Crippen LogP contribution in [0.15, 0.2) is 24.3 Å². The summed E-state index contributed by atoms with van der Waals surface area (Å²) < 4.78 is 5.43. The van der Waals surface area contributed by atoms with Gasteiger partial charge in [-0.05, 0) is 59.4 Å². The van der Waals surface area contributed by atoms with Crippen molar-refractivity contribution < 1.29 is 4.74 Å². The Kier molecular flexibility index (Phi) is 3.10. The summed E-state index contributed by atoms with van der Waals surface area (Å²) in [6.07, 6.45) is 0. The monoisotopic (exact) mass is 228 g/mol. The fraction of sp³-hybridized carbons (Fsp3) is 0.375. The highest BCUT2D eigenvalue weighted by Crippen LogP contribution is 2.32. The molecular weight excluding hydrogens is 208 g/mol. The van der Waals surface area contributed by atoms with Crippen LogP contribution < -0.4 is 4.74 Å². The summed E-state index contributed by atoms with van der Waals surface area (Å²) in [6.45, 7) is 8.73. The van der Waals surface area contributed by atoms with Crippen LogP contribution in [0.2, 0.25) is 0 Å². The molecule has 0 atom stereocenters. The molecule has 0 spiro atoms. The lowest BCUT2D eigenvalue weighted by Crippen LogP contribution is -1.94. The molecule has 2 rings (SSSR count). The largest absolute Gasteiger partial charge is 0.496 e. The van der Waals surface area contributed by atoms with E-state index in [1.54, 1.807) is 7.11 Å². The number of benzene rings is 2. The van der Waals surface area contributed by atoms with Crippen molar-refractivity contribution in [2.75, 3.05) is 7.11 Å².